The lowest BCUT2D eigenvalue weighted by Crippen LogP contribution is -2.52. The fraction of sp³-hybridized carbons (Fsp3) is 1.00. The summed E-state index contributed by atoms with van der Waals surface area (Å²) in [6, 6.07) is 0. The maximum Gasteiger partial charge on any atom is 0.522 e. The average molecular weight is 523 g/mol. The van der Waals surface area contributed by atoms with Crippen molar-refractivity contribution in [2.75, 3.05) is 0 Å². The summed E-state index contributed by atoms with van der Waals surface area (Å²) in [6.07, 6.45) is -27.2. The molecule has 0 bridgehead atoms. The lowest BCUT2D eigenvalue weighted by molar-refractivity contribution is -0.352. The van der Waals surface area contributed by atoms with Crippen LogP contribution in [-0.2, 0) is 9.47 Å². The Labute approximate surface area is 189 Å². The van der Waals surface area contributed by atoms with E-state index in [9.17, 15) is 43.9 Å². The SMILES string of the molecule is FC1CC(C2C(F)CC(OC(F)(F)C3C(F)CC(Cl)CC3F)CC2F)CCC1OC(F)(F)F. The summed E-state index contributed by atoms with van der Waals surface area (Å²) in [7, 11) is 0. The van der Waals surface area contributed by atoms with E-state index in [1.807, 2.05) is 0 Å². The molecule has 3 aliphatic carbocycles. The zero-order valence-corrected chi connectivity index (χ0v) is 18.0. The molecule has 0 amide bonds. The van der Waals surface area contributed by atoms with Crippen LogP contribution in [0.4, 0.5) is 43.9 Å². The molecule has 0 saturated heterocycles. The zero-order chi connectivity index (χ0) is 24.7. The van der Waals surface area contributed by atoms with Crippen LogP contribution < -0.4 is 0 Å². The van der Waals surface area contributed by atoms with E-state index in [2.05, 4.69) is 9.47 Å². The summed E-state index contributed by atoms with van der Waals surface area (Å²) in [4.78, 5) is 0. The lowest BCUT2D eigenvalue weighted by Gasteiger charge is -2.44. The quantitative estimate of drug-likeness (QED) is 0.292. The molecule has 0 aliphatic heterocycles. The molecule has 0 aromatic carbocycles. The standard InChI is InChI=1S/C20H25ClF10O2/c21-9-4-14(25)18(15(26)5-9)19(27,28)32-10-6-12(23)17(13(24)7-10)8-1-2-16(11(22)3-8)33-20(29,30)31/h8-18H,1-7H2. The highest BCUT2D eigenvalue weighted by Crippen LogP contribution is 2.47. The van der Waals surface area contributed by atoms with Gasteiger partial charge in [-0.25, -0.2) is 22.0 Å². The summed E-state index contributed by atoms with van der Waals surface area (Å²) < 4.78 is 146. The van der Waals surface area contributed by atoms with E-state index in [0.29, 0.717) is 0 Å². The molecule has 13 heteroatoms. The van der Waals surface area contributed by atoms with Crippen LogP contribution >= 0.6 is 11.6 Å². The Morgan fingerprint density at radius 3 is 1.67 bits per heavy atom. The van der Waals surface area contributed by atoms with Crippen molar-refractivity contribution in [2.24, 2.45) is 17.8 Å². The number of alkyl halides is 11. The van der Waals surface area contributed by atoms with Crippen LogP contribution in [0.15, 0.2) is 0 Å². The Hall–Kier alpha value is -0.490. The molecule has 3 aliphatic rings. The average Bonchev–Trinajstić information content (AvgIpc) is 2.60. The van der Waals surface area contributed by atoms with Crippen molar-refractivity contribution >= 4 is 11.6 Å². The van der Waals surface area contributed by atoms with E-state index in [-0.39, 0.29) is 6.42 Å². The van der Waals surface area contributed by atoms with Crippen molar-refractivity contribution < 1.29 is 53.4 Å². The fourth-order valence-corrected chi connectivity index (χ4v) is 5.77. The van der Waals surface area contributed by atoms with Crippen molar-refractivity contribution in [3.8, 4) is 0 Å². The molecule has 194 valence electrons. The van der Waals surface area contributed by atoms with Gasteiger partial charge in [0.25, 0.3) is 0 Å². The highest BCUT2D eigenvalue weighted by Gasteiger charge is 2.56. The monoisotopic (exact) mass is 522 g/mol. The van der Waals surface area contributed by atoms with Gasteiger partial charge in [-0.3, -0.25) is 4.74 Å². The Bertz CT molecular complexity index is 629. The van der Waals surface area contributed by atoms with Crippen molar-refractivity contribution in [1.29, 1.82) is 0 Å². The summed E-state index contributed by atoms with van der Waals surface area (Å²) in [5.74, 6) is -4.83. The van der Waals surface area contributed by atoms with E-state index in [0.717, 1.165) is 0 Å². The van der Waals surface area contributed by atoms with E-state index < -0.39 is 117 Å². The van der Waals surface area contributed by atoms with Crippen molar-refractivity contribution in [2.45, 2.75) is 106 Å². The van der Waals surface area contributed by atoms with Gasteiger partial charge in [0.05, 0.1) is 12.2 Å². The molecule has 0 spiro atoms. The van der Waals surface area contributed by atoms with Gasteiger partial charge < -0.3 is 4.74 Å². The molecule has 0 heterocycles. The Morgan fingerprint density at radius 1 is 0.636 bits per heavy atom. The van der Waals surface area contributed by atoms with Crippen LogP contribution in [0.25, 0.3) is 0 Å². The molecule has 0 radical (unpaired) electrons. The van der Waals surface area contributed by atoms with E-state index in [1.165, 1.54) is 0 Å². The van der Waals surface area contributed by atoms with Gasteiger partial charge in [-0.05, 0) is 38.0 Å². The van der Waals surface area contributed by atoms with Gasteiger partial charge in [0.2, 0.25) is 0 Å². The van der Waals surface area contributed by atoms with Gasteiger partial charge in [0.15, 0.2) is 0 Å². The molecular formula is C20H25ClF10O2. The molecular weight excluding hydrogens is 498 g/mol. The first kappa shape index (κ1) is 27.1. The molecule has 0 aromatic heterocycles. The second-order valence-corrected chi connectivity index (χ2v) is 9.82. The summed E-state index contributed by atoms with van der Waals surface area (Å²) in [5, 5.41) is -0.959. The fourth-order valence-electron chi connectivity index (χ4n) is 5.42. The van der Waals surface area contributed by atoms with Crippen LogP contribution in [0.2, 0.25) is 0 Å². The number of rotatable bonds is 5. The molecule has 0 N–H and O–H groups in total. The van der Waals surface area contributed by atoms with Gasteiger partial charge >= 0.3 is 12.5 Å². The maximum absolute atomic E-state index is 14.8. The molecule has 3 saturated carbocycles. The van der Waals surface area contributed by atoms with Crippen molar-refractivity contribution in [1.82, 2.24) is 0 Å². The number of halogens is 11. The van der Waals surface area contributed by atoms with Gasteiger partial charge in [0, 0.05) is 24.1 Å². The van der Waals surface area contributed by atoms with Gasteiger partial charge in [-0.15, -0.1) is 24.8 Å². The van der Waals surface area contributed by atoms with Crippen LogP contribution in [0, 0.1) is 17.8 Å². The van der Waals surface area contributed by atoms with E-state index in [1.54, 1.807) is 0 Å². The minimum absolute atomic E-state index is 0.136. The van der Waals surface area contributed by atoms with Crippen LogP contribution in [-0.4, -0.2) is 60.9 Å². The third-order valence-corrected chi connectivity index (χ3v) is 7.20. The molecule has 3 fully saturated rings. The maximum atomic E-state index is 14.8. The summed E-state index contributed by atoms with van der Waals surface area (Å²) in [6.45, 7) is 0. The second kappa shape index (κ2) is 10.2. The number of hydrogen-bond acceptors (Lipinski definition) is 2. The minimum Gasteiger partial charge on any atom is -0.317 e. The van der Waals surface area contributed by atoms with E-state index >= 15 is 0 Å². The van der Waals surface area contributed by atoms with E-state index in [4.69, 9.17) is 11.6 Å². The summed E-state index contributed by atoms with van der Waals surface area (Å²) >= 11 is 5.64. The predicted molar refractivity (Wildman–Crippen MR) is 97.7 cm³/mol. The van der Waals surface area contributed by atoms with Gasteiger partial charge in [-0.1, -0.05) is 0 Å². The smallest absolute Gasteiger partial charge is 0.317 e. The Morgan fingerprint density at radius 2 is 1.18 bits per heavy atom. The first-order valence-corrected chi connectivity index (χ1v) is 11.3. The first-order chi connectivity index (χ1) is 15.2. The predicted octanol–water partition coefficient (Wildman–Crippen LogP) is 6.79. The van der Waals surface area contributed by atoms with Crippen LogP contribution in [0.1, 0.15) is 44.9 Å². The zero-order valence-electron chi connectivity index (χ0n) is 17.3. The highest BCUT2D eigenvalue weighted by atomic mass is 35.5. The Balaban J connectivity index is 1.59. The number of ether oxygens (including phenoxy) is 2. The summed E-state index contributed by atoms with van der Waals surface area (Å²) in [5.41, 5.74) is 0. The van der Waals surface area contributed by atoms with Crippen molar-refractivity contribution in [3.05, 3.63) is 0 Å². The second-order valence-electron chi connectivity index (χ2n) is 9.20. The first-order valence-electron chi connectivity index (χ1n) is 10.8. The molecule has 7 unspecified atom stereocenters. The molecule has 2 nitrogen and oxygen atoms in total. The number of hydrogen-bond donors (Lipinski definition) is 0. The molecule has 7 atom stereocenters. The van der Waals surface area contributed by atoms with Gasteiger partial charge in [0.1, 0.15) is 36.8 Å². The van der Waals surface area contributed by atoms with Crippen LogP contribution in [0.3, 0.4) is 0 Å². The molecule has 33 heavy (non-hydrogen) atoms. The normalized spacial score (nSPS) is 45.7. The minimum atomic E-state index is -5.05. The molecule has 0 aromatic rings. The Kier molecular flexibility index (Phi) is 8.41. The van der Waals surface area contributed by atoms with Crippen LogP contribution in [0.5, 0.6) is 0 Å². The lowest BCUT2D eigenvalue weighted by atomic mass is 9.70. The van der Waals surface area contributed by atoms with Gasteiger partial charge in [-0.2, -0.15) is 8.78 Å². The van der Waals surface area contributed by atoms with Crippen molar-refractivity contribution in [3.63, 3.8) is 0 Å². The molecule has 3 rings (SSSR count). The largest absolute Gasteiger partial charge is 0.522 e. The topological polar surface area (TPSA) is 18.5 Å². The third kappa shape index (κ3) is 6.59. The highest BCUT2D eigenvalue weighted by molar-refractivity contribution is 6.20. The third-order valence-electron chi connectivity index (χ3n) is 6.85.